The van der Waals surface area contributed by atoms with Gasteiger partial charge in [-0.3, -0.25) is 9.59 Å². The molecule has 2 amide bonds. The molecule has 22 heavy (non-hydrogen) atoms. The van der Waals surface area contributed by atoms with Crippen LogP contribution < -0.4 is 5.32 Å². The lowest BCUT2D eigenvalue weighted by molar-refractivity contribution is -0.145. The Bertz CT molecular complexity index is 597. The molecule has 0 radical (unpaired) electrons. The number of hydrogen-bond acceptors (Lipinski definition) is 2. The van der Waals surface area contributed by atoms with Gasteiger partial charge in [0, 0.05) is 11.6 Å². The molecule has 1 unspecified atom stereocenters. The van der Waals surface area contributed by atoms with Crippen LogP contribution >= 0.6 is 0 Å². The number of carbonyl (C=O) groups excluding carboxylic acids is 2. The fourth-order valence-corrected chi connectivity index (χ4v) is 2.55. The Labute approximate surface area is 132 Å². The fourth-order valence-electron chi connectivity index (χ4n) is 2.55. The van der Waals surface area contributed by atoms with Gasteiger partial charge >= 0.3 is 0 Å². The summed E-state index contributed by atoms with van der Waals surface area (Å²) in [5.41, 5.74) is 1.02. The molecular formula is C18H24N2O2. The first-order chi connectivity index (χ1) is 10.2. The maximum absolute atomic E-state index is 12.8. The van der Waals surface area contributed by atoms with Gasteiger partial charge in [-0.1, -0.05) is 65.0 Å². The number of nitrogens with one attached hydrogen (secondary N) is 1. The van der Waals surface area contributed by atoms with E-state index in [4.69, 9.17) is 0 Å². The lowest BCUT2D eigenvalue weighted by Gasteiger charge is -2.38. The summed E-state index contributed by atoms with van der Waals surface area (Å²) in [6.07, 6.45) is 1.77. The summed E-state index contributed by atoms with van der Waals surface area (Å²) < 4.78 is 0. The van der Waals surface area contributed by atoms with Crippen LogP contribution in [0.2, 0.25) is 0 Å². The van der Waals surface area contributed by atoms with Crippen LogP contribution in [0.15, 0.2) is 36.5 Å². The van der Waals surface area contributed by atoms with Gasteiger partial charge in [-0.25, -0.2) is 0 Å². The molecule has 0 aromatic heterocycles. The highest BCUT2D eigenvalue weighted by molar-refractivity contribution is 5.98. The van der Waals surface area contributed by atoms with E-state index in [-0.39, 0.29) is 17.7 Å². The molecule has 0 spiro atoms. The second-order valence-electron chi connectivity index (χ2n) is 7.05. The second kappa shape index (κ2) is 5.95. The highest BCUT2D eigenvalue weighted by Gasteiger charge is 2.39. The van der Waals surface area contributed by atoms with Crippen LogP contribution in [0.1, 0.15) is 40.2 Å². The van der Waals surface area contributed by atoms with Crippen LogP contribution in [0.5, 0.6) is 0 Å². The first-order valence-corrected chi connectivity index (χ1v) is 7.62. The quantitative estimate of drug-likeness (QED) is 0.912. The fraction of sp³-hybridized carbons (Fsp3) is 0.444. The number of rotatable bonds is 2. The largest absolute Gasteiger partial charge is 0.322 e. The van der Waals surface area contributed by atoms with E-state index in [2.05, 4.69) is 5.32 Å². The van der Waals surface area contributed by atoms with E-state index < -0.39 is 11.5 Å². The Kier molecular flexibility index (Phi) is 4.40. The van der Waals surface area contributed by atoms with Gasteiger partial charge in [0.1, 0.15) is 6.04 Å². The van der Waals surface area contributed by atoms with Crippen LogP contribution in [-0.2, 0) is 9.59 Å². The summed E-state index contributed by atoms with van der Waals surface area (Å²) in [5, 5.41) is 2.93. The monoisotopic (exact) mass is 300 g/mol. The summed E-state index contributed by atoms with van der Waals surface area (Å²) in [5.74, 6) is -0.136. The average molecular weight is 300 g/mol. The Hall–Kier alpha value is -2.10. The first kappa shape index (κ1) is 16.3. The van der Waals surface area contributed by atoms with Crippen LogP contribution in [0.3, 0.4) is 0 Å². The Morgan fingerprint density at radius 3 is 2.27 bits per heavy atom. The Balaban J connectivity index is 2.47. The average Bonchev–Trinajstić information content (AvgIpc) is 2.45. The van der Waals surface area contributed by atoms with E-state index >= 15 is 0 Å². The standard InChI is InChI=1S/C18H24N2O2/c1-12(2)15-16(21)19-14(13-9-7-6-8-10-13)11-20(15)17(22)18(3,4)5/h6-12,15H,1-5H3,(H,19,21). The summed E-state index contributed by atoms with van der Waals surface area (Å²) in [6, 6.07) is 9.10. The van der Waals surface area contributed by atoms with Gasteiger partial charge in [0.2, 0.25) is 11.8 Å². The molecular weight excluding hydrogens is 276 g/mol. The van der Waals surface area contributed by atoms with Crippen molar-refractivity contribution in [3.05, 3.63) is 42.1 Å². The normalized spacial score (nSPS) is 19.0. The molecule has 0 bridgehead atoms. The van der Waals surface area contributed by atoms with Gasteiger partial charge in [0.15, 0.2) is 0 Å². The lowest BCUT2D eigenvalue weighted by atomic mass is 9.91. The molecule has 1 aliphatic rings. The zero-order valence-electron chi connectivity index (χ0n) is 13.9. The van der Waals surface area contributed by atoms with Crippen molar-refractivity contribution in [1.29, 1.82) is 0 Å². The Morgan fingerprint density at radius 2 is 1.77 bits per heavy atom. The number of hydrogen-bond donors (Lipinski definition) is 1. The molecule has 0 saturated carbocycles. The van der Waals surface area contributed by atoms with Crippen molar-refractivity contribution in [2.24, 2.45) is 11.3 Å². The van der Waals surface area contributed by atoms with E-state index in [1.54, 1.807) is 11.1 Å². The third-order valence-electron chi connectivity index (χ3n) is 3.69. The number of nitrogens with zero attached hydrogens (tertiary/aromatic N) is 1. The predicted octanol–water partition coefficient (Wildman–Crippen LogP) is 3.01. The minimum Gasteiger partial charge on any atom is -0.322 e. The van der Waals surface area contributed by atoms with E-state index in [1.165, 1.54) is 0 Å². The van der Waals surface area contributed by atoms with Crippen molar-refractivity contribution in [3.8, 4) is 0 Å². The molecule has 0 aliphatic carbocycles. The number of amides is 2. The predicted molar refractivity (Wildman–Crippen MR) is 87.5 cm³/mol. The van der Waals surface area contributed by atoms with Gasteiger partial charge in [0.25, 0.3) is 0 Å². The maximum atomic E-state index is 12.8. The molecule has 0 saturated heterocycles. The minimum absolute atomic E-state index is 0.0415. The van der Waals surface area contributed by atoms with E-state index in [0.29, 0.717) is 5.70 Å². The van der Waals surface area contributed by atoms with Gasteiger partial charge in [-0.05, 0) is 11.5 Å². The van der Waals surface area contributed by atoms with Gasteiger partial charge in [-0.15, -0.1) is 0 Å². The van der Waals surface area contributed by atoms with E-state index in [0.717, 1.165) is 5.56 Å². The van der Waals surface area contributed by atoms with Crippen molar-refractivity contribution in [2.75, 3.05) is 0 Å². The van der Waals surface area contributed by atoms with Crippen LogP contribution in [-0.4, -0.2) is 22.8 Å². The summed E-state index contributed by atoms with van der Waals surface area (Å²) in [6.45, 7) is 9.52. The Morgan fingerprint density at radius 1 is 1.18 bits per heavy atom. The summed E-state index contributed by atoms with van der Waals surface area (Å²) in [4.78, 5) is 26.9. The maximum Gasteiger partial charge on any atom is 0.247 e. The van der Waals surface area contributed by atoms with Crippen LogP contribution in [0, 0.1) is 11.3 Å². The smallest absolute Gasteiger partial charge is 0.247 e. The highest BCUT2D eigenvalue weighted by Crippen LogP contribution is 2.27. The third kappa shape index (κ3) is 3.21. The zero-order valence-corrected chi connectivity index (χ0v) is 13.9. The molecule has 1 aromatic rings. The molecule has 118 valence electrons. The molecule has 1 aromatic carbocycles. The topological polar surface area (TPSA) is 49.4 Å². The van der Waals surface area contributed by atoms with Gasteiger partial charge in [-0.2, -0.15) is 0 Å². The van der Waals surface area contributed by atoms with Crippen molar-refractivity contribution < 1.29 is 9.59 Å². The van der Waals surface area contributed by atoms with Crippen molar-refractivity contribution in [1.82, 2.24) is 10.2 Å². The number of carbonyl (C=O) groups is 2. The van der Waals surface area contributed by atoms with E-state index in [9.17, 15) is 9.59 Å². The lowest BCUT2D eigenvalue weighted by Crippen LogP contribution is -2.55. The minimum atomic E-state index is -0.539. The summed E-state index contributed by atoms with van der Waals surface area (Å²) in [7, 11) is 0. The SMILES string of the molecule is CC(C)C1C(=O)NC(c2ccccc2)=CN1C(=O)C(C)(C)C. The molecule has 1 heterocycles. The molecule has 0 fully saturated rings. The summed E-state index contributed by atoms with van der Waals surface area (Å²) >= 11 is 0. The molecule has 2 rings (SSSR count). The van der Waals surface area contributed by atoms with Crippen molar-refractivity contribution >= 4 is 17.5 Å². The number of benzene rings is 1. The second-order valence-corrected chi connectivity index (χ2v) is 7.05. The first-order valence-electron chi connectivity index (χ1n) is 7.62. The molecule has 4 heteroatoms. The van der Waals surface area contributed by atoms with Crippen LogP contribution in [0.25, 0.3) is 5.70 Å². The third-order valence-corrected chi connectivity index (χ3v) is 3.69. The molecule has 1 aliphatic heterocycles. The van der Waals surface area contributed by atoms with Crippen LogP contribution in [0.4, 0.5) is 0 Å². The molecule has 1 atom stereocenters. The molecule has 1 N–H and O–H groups in total. The highest BCUT2D eigenvalue weighted by atomic mass is 16.2. The van der Waals surface area contributed by atoms with Gasteiger partial charge in [0.05, 0.1) is 5.70 Å². The molecule has 4 nitrogen and oxygen atoms in total. The zero-order chi connectivity index (χ0) is 16.5. The van der Waals surface area contributed by atoms with Crippen molar-refractivity contribution in [2.45, 2.75) is 40.7 Å². The van der Waals surface area contributed by atoms with Gasteiger partial charge < -0.3 is 10.2 Å². The van der Waals surface area contributed by atoms with Crippen molar-refractivity contribution in [3.63, 3.8) is 0 Å². The van der Waals surface area contributed by atoms with E-state index in [1.807, 2.05) is 65.0 Å².